The van der Waals surface area contributed by atoms with Crippen molar-refractivity contribution >= 4 is 6.16 Å². The van der Waals surface area contributed by atoms with Gasteiger partial charge in [0, 0.05) is 11.8 Å². The van der Waals surface area contributed by atoms with Crippen LogP contribution in [0, 0.1) is 35.5 Å². The van der Waals surface area contributed by atoms with Crippen LogP contribution in [0.3, 0.4) is 0 Å². The predicted octanol–water partition coefficient (Wildman–Crippen LogP) is 6.14. The summed E-state index contributed by atoms with van der Waals surface area (Å²) in [5.41, 5.74) is 0.503. The molecule has 0 aromatic rings. The topological polar surface area (TPSA) is 46.5 Å². The highest BCUT2D eigenvalue weighted by molar-refractivity contribution is 5.58. The van der Waals surface area contributed by atoms with Gasteiger partial charge in [0.1, 0.15) is 5.60 Å². The minimum atomic E-state index is -1.11. The van der Waals surface area contributed by atoms with E-state index >= 15 is 0 Å². The molecule has 0 aromatic carbocycles. The van der Waals surface area contributed by atoms with Crippen LogP contribution in [0.4, 0.5) is 4.79 Å². The Hall–Kier alpha value is -0.990. The fourth-order valence-electron chi connectivity index (χ4n) is 5.67. The van der Waals surface area contributed by atoms with E-state index in [-0.39, 0.29) is 5.92 Å². The van der Waals surface area contributed by atoms with Crippen LogP contribution in [0.2, 0.25) is 0 Å². The number of hydrogen-bond acceptors (Lipinski definition) is 2. The largest absolute Gasteiger partial charge is 0.506 e. The lowest BCUT2D eigenvalue weighted by Crippen LogP contribution is -2.56. The van der Waals surface area contributed by atoms with Crippen molar-refractivity contribution in [2.75, 3.05) is 0 Å². The molecule has 0 saturated heterocycles. The van der Waals surface area contributed by atoms with Crippen molar-refractivity contribution in [2.24, 2.45) is 35.5 Å². The van der Waals surface area contributed by atoms with E-state index in [1.807, 2.05) is 0 Å². The average Bonchev–Trinajstić information content (AvgIpc) is 2.45. The number of hydrogen-bond donors (Lipinski definition) is 1. The molecule has 0 aliphatic heterocycles. The van der Waals surface area contributed by atoms with Crippen LogP contribution < -0.4 is 0 Å². The van der Waals surface area contributed by atoms with Crippen LogP contribution in [0.1, 0.15) is 73.1 Å². The monoisotopic (exact) mass is 336 g/mol. The molecule has 6 atom stereocenters. The van der Waals surface area contributed by atoms with Gasteiger partial charge >= 0.3 is 6.16 Å². The fourth-order valence-corrected chi connectivity index (χ4v) is 5.67. The molecular weight excluding hydrogens is 300 g/mol. The van der Waals surface area contributed by atoms with Gasteiger partial charge < -0.3 is 9.84 Å². The molecule has 2 aliphatic rings. The van der Waals surface area contributed by atoms with Crippen molar-refractivity contribution in [3.63, 3.8) is 0 Å². The van der Waals surface area contributed by atoms with E-state index in [1.54, 1.807) is 0 Å². The Morgan fingerprint density at radius 2 is 1.79 bits per heavy atom. The zero-order chi connectivity index (χ0) is 18.1. The van der Waals surface area contributed by atoms with Gasteiger partial charge in [0.05, 0.1) is 0 Å². The van der Waals surface area contributed by atoms with Gasteiger partial charge in [-0.3, -0.25) is 0 Å². The molecule has 1 N–H and O–H groups in total. The summed E-state index contributed by atoms with van der Waals surface area (Å²) in [6.45, 7) is 15.4. The maximum absolute atomic E-state index is 11.7. The van der Waals surface area contributed by atoms with Gasteiger partial charge in [0.25, 0.3) is 0 Å². The van der Waals surface area contributed by atoms with E-state index in [9.17, 15) is 9.90 Å². The first-order valence-electron chi connectivity index (χ1n) is 9.74. The standard InChI is InChI=1S/C21H36O3/c1-13(2)17-9-7-15(5)11-19(17)21(24-20(22)23)12-16(6)8-10-18(21)14(3)4/h13,15-19H,3,7-12H2,1-2,4-6H3,(H,22,23). The van der Waals surface area contributed by atoms with Gasteiger partial charge in [-0.2, -0.15) is 0 Å². The fraction of sp³-hybridized carbons (Fsp3) is 0.857. The molecule has 0 heterocycles. The van der Waals surface area contributed by atoms with E-state index in [1.165, 1.54) is 12.8 Å². The zero-order valence-electron chi connectivity index (χ0n) is 16.2. The highest BCUT2D eigenvalue weighted by atomic mass is 16.7. The van der Waals surface area contributed by atoms with E-state index in [2.05, 4.69) is 41.2 Å². The van der Waals surface area contributed by atoms with Crippen LogP contribution in [-0.4, -0.2) is 16.9 Å². The molecule has 3 nitrogen and oxygen atoms in total. The van der Waals surface area contributed by atoms with E-state index in [0.717, 1.165) is 31.3 Å². The van der Waals surface area contributed by atoms with Gasteiger partial charge in [-0.1, -0.05) is 46.3 Å². The van der Waals surface area contributed by atoms with Crippen molar-refractivity contribution in [1.29, 1.82) is 0 Å². The summed E-state index contributed by atoms with van der Waals surface area (Å²) < 4.78 is 5.85. The Morgan fingerprint density at radius 1 is 1.17 bits per heavy atom. The highest BCUT2D eigenvalue weighted by Crippen LogP contribution is 2.54. The number of rotatable bonds is 4. The molecule has 6 unspecified atom stereocenters. The molecule has 24 heavy (non-hydrogen) atoms. The summed E-state index contributed by atoms with van der Waals surface area (Å²) in [5, 5.41) is 9.59. The molecule has 0 bridgehead atoms. The third kappa shape index (κ3) is 3.81. The second-order valence-corrected chi connectivity index (χ2v) is 9.04. The molecule has 3 heteroatoms. The lowest BCUT2D eigenvalue weighted by Gasteiger charge is -2.54. The van der Waals surface area contributed by atoms with Crippen molar-refractivity contribution in [1.82, 2.24) is 0 Å². The van der Waals surface area contributed by atoms with Gasteiger partial charge in [-0.25, -0.2) is 4.79 Å². The molecule has 138 valence electrons. The molecule has 0 aromatic heterocycles. The number of ether oxygens (including phenoxy) is 1. The lowest BCUT2D eigenvalue weighted by atomic mass is 9.55. The highest BCUT2D eigenvalue weighted by Gasteiger charge is 2.55. The third-order valence-electron chi connectivity index (χ3n) is 6.73. The van der Waals surface area contributed by atoms with Gasteiger partial charge in [0.15, 0.2) is 0 Å². The molecule has 2 saturated carbocycles. The number of carboxylic acid groups (broad SMARTS) is 1. The average molecular weight is 337 g/mol. The Labute approximate surface area is 147 Å². The molecule has 0 amide bonds. The lowest BCUT2D eigenvalue weighted by molar-refractivity contribution is -0.147. The van der Waals surface area contributed by atoms with Crippen molar-refractivity contribution in [3.05, 3.63) is 12.2 Å². The summed E-state index contributed by atoms with van der Waals surface area (Å²) in [5.74, 6) is 2.70. The second-order valence-electron chi connectivity index (χ2n) is 9.04. The first kappa shape index (κ1) is 19.3. The minimum absolute atomic E-state index is 0.154. The zero-order valence-corrected chi connectivity index (χ0v) is 16.2. The summed E-state index contributed by atoms with van der Waals surface area (Å²) >= 11 is 0. The predicted molar refractivity (Wildman–Crippen MR) is 98.0 cm³/mol. The molecule has 2 rings (SSSR count). The van der Waals surface area contributed by atoms with Gasteiger partial charge in [-0.05, 0) is 62.7 Å². The molecule has 2 fully saturated rings. The summed E-state index contributed by atoms with van der Waals surface area (Å²) in [7, 11) is 0. The first-order valence-corrected chi connectivity index (χ1v) is 9.74. The Bertz CT molecular complexity index is 470. The van der Waals surface area contributed by atoms with Crippen molar-refractivity contribution in [2.45, 2.75) is 78.7 Å². The smallest absolute Gasteiger partial charge is 0.450 e. The first-order chi connectivity index (χ1) is 11.2. The molecule has 2 aliphatic carbocycles. The summed E-state index contributed by atoms with van der Waals surface area (Å²) in [6.07, 6.45) is 5.37. The molecule has 0 spiro atoms. The maximum atomic E-state index is 11.7. The molecular formula is C21H36O3. The Kier molecular flexibility index (Phi) is 6.04. The van der Waals surface area contributed by atoms with E-state index in [0.29, 0.717) is 29.6 Å². The van der Waals surface area contributed by atoms with Crippen LogP contribution >= 0.6 is 0 Å². The second kappa shape index (κ2) is 7.49. The van der Waals surface area contributed by atoms with Crippen molar-refractivity contribution < 1.29 is 14.6 Å². The van der Waals surface area contributed by atoms with E-state index < -0.39 is 11.8 Å². The number of carbonyl (C=O) groups is 1. The summed E-state index contributed by atoms with van der Waals surface area (Å²) in [4.78, 5) is 11.7. The quantitative estimate of drug-likeness (QED) is 0.495. The Balaban J connectivity index is 2.50. The normalized spacial score (nSPS) is 40.3. The van der Waals surface area contributed by atoms with Gasteiger partial charge in [0.2, 0.25) is 0 Å². The maximum Gasteiger partial charge on any atom is 0.506 e. The van der Waals surface area contributed by atoms with Crippen LogP contribution in [-0.2, 0) is 4.74 Å². The Morgan fingerprint density at radius 3 is 2.33 bits per heavy atom. The summed E-state index contributed by atoms with van der Waals surface area (Å²) in [6, 6.07) is 0. The molecule has 0 radical (unpaired) electrons. The SMILES string of the molecule is C=C(C)C1CCC(C)CC1(OC(=O)O)C1CC(C)CCC1C(C)C. The van der Waals surface area contributed by atoms with Crippen LogP contribution in [0.5, 0.6) is 0 Å². The third-order valence-corrected chi connectivity index (χ3v) is 6.73. The van der Waals surface area contributed by atoms with Crippen LogP contribution in [0.25, 0.3) is 0 Å². The van der Waals surface area contributed by atoms with Crippen LogP contribution in [0.15, 0.2) is 12.2 Å². The minimum Gasteiger partial charge on any atom is -0.450 e. The van der Waals surface area contributed by atoms with Crippen molar-refractivity contribution in [3.8, 4) is 0 Å². The van der Waals surface area contributed by atoms with E-state index in [4.69, 9.17) is 4.74 Å². The van der Waals surface area contributed by atoms with Gasteiger partial charge in [-0.15, -0.1) is 0 Å².